The largest absolute Gasteiger partial charge is 0.492 e. The molecule has 5 rings (SSSR count). The normalized spacial score (nSPS) is 19.8. The number of Topliss-reactive ketones (excluding diaryl/α,β-unsaturated/α-hetero) is 1. The minimum absolute atomic E-state index is 0.0120. The van der Waals surface area contributed by atoms with E-state index in [4.69, 9.17) is 18.5 Å². The molecule has 4 atom stereocenters. The van der Waals surface area contributed by atoms with Crippen molar-refractivity contribution in [1.29, 1.82) is 0 Å². The Balaban J connectivity index is 1.38. The van der Waals surface area contributed by atoms with Crippen LogP contribution in [0.3, 0.4) is 0 Å². The molecule has 0 N–H and O–H groups in total. The van der Waals surface area contributed by atoms with Crippen molar-refractivity contribution in [3.63, 3.8) is 0 Å². The second-order valence-electron chi connectivity index (χ2n) is 9.16. The number of fused-ring (bicyclic) bond motifs is 1. The molecule has 0 bridgehead atoms. The van der Waals surface area contributed by atoms with Crippen LogP contribution in [0.15, 0.2) is 66.7 Å². The van der Waals surface area contributed by atoms with Gasteiger partial charge in [0.15, 0.2) is 5.78 Å². The van der Waals surface area contributed by atoms with E-state index in [0.29, 0.717) is 29.4 Å². The van der Waals surface area contributed by atoms with Crippen molar-refractivity contribution in [1.82, 2.24) is 4.90 Å². The van der Waals surface area contributed by atoms with Gasteiger partial charge in [-0.3, -0.25) is 9.69 Å². The number of piperidine rings is 1. The van der Waals surface area contributed by atoms with E-state index in [1.165, 1.54) is 19.3 Å². The Kier molecular flexibility index (Phi) is 8.06. The number of hydrogen-bond acceptors (Lipinski definition) is 6. The SMILES string of the molecule is O=C1c2ccc(OP)cc2OC(c2ccc(OCCN3CCCCC3)cc2)C1c1ccc(OP)cc1. The molecule has 3 aromatic carbocycles. The van der Waals surface area contributed by atoms with E-state index in [9.17, 15) is 4.79 Å². The van der Waals surface area contributed by atoms with E-state index in [1.54, 1.807) is 18.2 Å². The zero-order valence-electron chi connectivity index (χ0n) is 20.1. The number of rotatable bonds is 8. The molecule has 0 amide bonds. The lowest BCUT2D eigenvalue weighted by Gasteiger charge is -2.33. The van der Waals surface area contributed by atoms with E-state index < -0.39 is 12.0 Å². The molecule has 4 unspecified atom stereocenters. The van der Waals surface area contributed by atoms with E-state index in [2.05, 4.69) is 23.8 Å². The number of benzene rings is 3. The first kappa shape index (κ1) is 25.0. The van der Waals surface area contributed by atoms with Gasteiger partial charge in [-0.25, -0.2) is 0 Å². The minimum atomic E-state index is -0.496. The molecule has 6 nitrogen and oxygen atoms in total. The molecule has 3 aromatic rings. The first-order valence-corrected chi connectivity index (χ1v) is 13.2. The molecule has 0 radical (unpaired) electrons. The average molecular weight is 524 g/mol. The van der Waals surface area contributed by atoms with Gasteiger partial charge in [0.25, 0.3) is 0 Å². The second kappa shape index (κ2) is 11.6. The highest BCUT2D eigenvalue weighted by Gasteiger charge is 2.39. The van der Waals surface area contributed by atoms with Crippen LogP contribution in [-0.2, 0) is 0 Å². The molecule has 8 heteroatoms. The van der Waals surface area contributed by atoms with Crippen LogP contribution in [0.25, 0.3) is 0 Å². The van der Waals surface area contributed by atoms with Crippen LogP contribution in [0.1, 0.15) is 52.8 Å². The highest BCUT2D eigenvalue weighted by atomic mass is 31.0. The van der Waals surface area contributed by atoms with Crippen LogP contribution < -0.4 is 18.5 Å². The molecule has 2 heterocycles. The maximum Gasteiger partial charge on any atom is 0.178 e. The van der Waals surface area contributed by atoms with Gasteiger partial charge >= 0.3 is 0 Å². The zero-order valence-corrected chi connectivity index (χ0v) is 22.4. The van der Waals surface area contributed by atoms with Gasteiger partial charge in [0.05, 0.1) is 30.4 Å². The number of likely N-dealkylation sites (tertiary alicyclic amines) is 1. The fraction of sp³-hybridized carbons (Fsp3) is 0.321. The highest BCUT2D eigenvalue weighted by Crippen LogP contribution is 2.45. The van der Waals surface area contributed by atoms with Crippen LogP contribution in [0.2, 0.25) is 0 Å². The Morgan fingerprint density at radius 1 is 0.806 bits per heavy atom. The molecule has 36 heavy (non-hydrogen) atoms. The molecule has 0 saturated carbocycles. The highest BCUT2D eigenvalue weighted by molar-refractivity contribution is 7.10. The van der Waals surface area contributed by atoms with Crippen molar-refractivity contribution < 1.29 is 23.3 Å². The fourth-order valence-electron chi connectivity index (χ4n) is 4.96. The zero-order chi connectivity index (χ0) is 24.9. The van der Waals surface area contributed by atoms with E-state index in [1.807, 2.05) is 48.5 Å². The van der Waals surface area contributed by atoms with Gasteiger partial charge in [-0.15, -0.1) is 0 Å². The lowest BCUT2D eigenvalue weighted by Crippen LogP contribution is -2.33. The maximum atomic E-state index is 13.7. The van der Waals surface area contributed by atoms with Crippen molar-refractivity contribution in [2.24, 2.45) is 0 Å². The lowest BCUT2D eigenvalue weighted by atomic mass is 9.81. The summed E-state index contributed by atoms with van der Waals surface area (Å²) in [6.45, 7) is 3.92. The van der Waals surface area contributed by atoms with Crippen LogP contribution >= 0.6 is 18.9 Å². The Morgan fingerprint density at radius 3 is 2.14 bits per heavy atom. The van der Waals surface area contributed by atoms with Crippen LogP contribution in [-0.4, -0.2) is 36.9 Å². The molecular weight excluding hydrogens is 492 g/mol. The summed E-state index contributed by atoms with van der Waals surface area (Å²) in [5.41, 5.74) is 2.33. The van der Waals surface area contributed by atoms with Gasteiger partial charge in [-0.1, -0.05) is 30.7 Å². The van der Waals surface area contributed by atoms with Crippen molar-refractivity contribution in [2.75, 3.05) is 26.2 Å². The van der Waals surface area contributed by atoms with E-state index in [0.717, 1.165) is 36.5 Å². The van der Waals surface area contributed by atoms with Crippen molar-refractivity contribution in [2.45, 2.75) is 31.3 Å². The average Bonchev–Trinajstić information content (AvgIpc) is 2.94. The molecular formula is C28H31NO5P2. The smallest absolute Gasteiger partial charge is 0.178 e. The molecule has 0 aromatic heterocycles. The molecule has 1 saturated heterocycles. The van der Waals surface area contributed by atoms with Gasteiger partial charge in [-0.05, 0) is 73.5 Å². The number of carbonyl (C=O) groups excluding carboxylic acids is 1. The molecule has 2 aliphatic rings. The van der Waals surface area contributed by atoms with Gasteiger partial charge in [0, 0.05) is 12.6 Å². The predicted octanol–water partition coefficient (Wildman–Crippen LogP) is 5.99. The predicted molar refractivity (Wildman–Crippen MR) is 146 cm³/mol. The van der Waals surface area contributed by atoms with Crippen LogP contribution in [0, 0.1) is 0 Å². The number of carbonyl (C=O) groups is 1. The summed E-state index contributed by atoms with van der Waals surface area (Å²) in [4.78, 5) is 16.2. The summed E-state index contributed by atoms with van der Waals surface area (Å²) in [6.07, 6.45) is 3.39. The summed E-state index contributed by atoms with van der Waals surface area (Å²) in [6, 6.07) is 20.7. The van der Waals surface area contributed by atoms with E-state index in [-0.39, 0.29) is 5.78 Å². The quantitative estimate of drug-likeness (QED) is 0.338. The first-order chi connectivity index (χ1) is 17.7. The number of ketones is 1. The van der Waals surface area contributed by atoms with Crippen LogP contribution in [0.5, 0.6) is 23.0 Å². The third-order valence-corrected chi connectivity index (χ3v) is 7.45. The Labute approximate surface area is 216 Å². The standard InChI is InChI=1S/C28H31NO5P2/c30-27-24-13-12-23(34-36)18-25(24)32-28(26(27)19-4-10-22(33-35)11-5-19)20-6-8-21(9-7-20)31-17-16-29-14-2-1-3-15-29/h4-13,18,26,28H,1-3,14-17,35-36H2. The number of ether oxygens (including phenoxy) is 2. The van der Waals surface area contributed by atoms with Gasteiger partial charge in [0.1, 0.15) is 35.7 Å². The van der Waals surface area contributed by atoms with Gasteiger partial charge < -0.3 is 18.5 Å². The summed E-state index contributed by atoms with van der Waals surface area (Å²) < 4.78 is 23.0. The van der Waals surface area contributed by atoms with Gasteiger partial charge in [0.2, 0.25) is 0 Å². The minimum Gasteiger partial charge on any atom is -0.492 e. The number of nitrogens with zero attached hydrogens (tertiary/aromatic N) is 1. The second-order valence-corrected chi connectivity index (χ2v) is 9.63. The van der Waals surface area contributed by atoms with E-state index >= 15 is 0 Å². The molecule has 1 fully saturated rings. The summed E-state index contributed by atoms with van der Waals surface area (Å²) in [7, 11) is 4.47. The molecule has 188 valence electrons. The summed E-state index contributed by atoms with van der Waals surface area (Å²) in [5, 5.41) is 0. The fourth-order valence-corrected chi connectivity index (χ4v) is 5.26. The third kappa shape index (κ3) is 5.52. The lowest BCUT2D eigenvalue weighted by molar-refractivity contribution is 0.0781. The van der Waals surface area contributed by atoms with Crippen LogP contribution in [0.4, 0.5) is 0 Å². The van der Waals surface area contributed by atoms with Crippen molar-refractivity contribution in [3.05, 3.63) is 83.4 Å². The first-order valence-electron chi connectivity index (χ1n) is 12.3. The number of hydrogen-bond donors (Lipinski definition) is 0. The Hall–Kier alpha value is -2.65. The topological polar surface area (TPSA) is 57.2 Å². The molecule has 0 spiro atoms. The monoisotopic (exact) mass is 523 g/mol. The summed E-state index contributed by atoms with van der Waals surface area (Å²) >= 11 is 0. The van der Waals surface area contributed by atoms with Crippen molar-refractivity contribution in [3.8, 4) is 23.0 Å². The molecule has 0 aliphatic carbocycles. The Morgan fingerprint density at radius 2 is 1.44 bits per heavy atom. The summed E-state index contributed by atoms with van der Waals surface area (Å²) in [5.74, 6) is 2.17. The maximum absolute atomic E-state index is 13.7. The van der Waals surface area contributed by atoms with Crippen molar-refractivity contribution >= 4 is 24.7 Å². The molecule has 2 aliphatic heterocycles. The van der Waals surface area contributed by atoms with Gasteiger partial charge in [-0.2, -0.15) is 0 Å². The Bertz CT molecular complexity index is 1180. The third-order valence-electron chi connectivity index (χ3n) is 6.90.